The summed E-state index contributed by atoms with van der Waals surface area (Å²) in [7, 11) is -3.06. The van der Waals surface area contributed by atoms with Gasteiger partial charge in [0.1, 0.15) is 0 Å². The summed E-state index contributed by atoms with van der Waals surface area (Å²) in [6.45, 7) is 8.21. The lowest BCUT2D eigenvalue weighted by molar-refractivity contribution is 0.243. The Morgan fingerprint density at radius 2 is 1.67 bits per heavy atom. The Morgan fingerprint density at radius 1 is 1.13 bits per heavy atom. The molecule has 5 heteroatoms. The first kappa shape index (κ1) is 12.5. The van der Waals surface area contributed by atoms with E-state index in [4.69, 9.17) is 0 Å². The van der Waals surface area contributed by atoms with Crippen molar-refractivity contribution in [1.82, 2.24) is 9.21 Å². The second-order valence-electron chi connectivity index (χ2n) is 4.01. The number of hydrogen-bond acceptors (Lipinski definition) is 3. The van der Waals surface area contributed by atoms with Crippen molar-refractivity contribution in [2.45, 2.75) is 26.0 Å². The van der Waals surface area contributed by atoms with Gasteiger partial charge in [0.15, 0.2) is 0 Å². The summed E-state index contributed by atoms with van der Waals surface area (Å²) in [5, 5.41) is -0.314. The first-order valence-electron chi connectivity index (χ1n) is 5.34. The molecule has 4 nitrogen and oxygen atoms in total. The van der Waals surface area contributed by atoms with Crippen molar-refractivity contribution >= 4 is 10.0 Å². The van der Waals surface area contributed by atoms with Gasteiger partial charge in [-0.1, -0.05) is 6.08 Å². The zero-order valence-corrected chi connectivity index (χ0v) is 10.5. The van der Waals surface area contributed by atoms with Crippen LogP contribution in [-0.4, -0.2) is 49.1 Å². The molecule has 0 aromatic heterocycles. The van der Waals surface area contributed by atoms with Crippen LogP contribution in [0.15, 0.2) is 12.3 Å². The number of rotatable bonds is 3. The molecule has 0 aliphatic carbocycles. The molecule has 0 aromatic carbocycles. The monoisotopic (exact) mass is 232 g/mol. The van der Waals surface area contributed by atoms with Gasteiger partial charge < -0.3 is 4.90 Å². The van der Waals surface area contributed by atoms with Gasteiger partial charge in [0.05, 0.1) is 5.25 Å². The van der Waals surface area contributed by atoms with Crippen LogP contribution in [0.5, 0.6) is 0 Å². The average molecular weight is 232 g/mol. The number of nitrogens with zero attached hydrogens (tertiary/aromatic N) is 2. The van der Waals surface area contributed by atoms with Crippen LogP contribution in [0, 0.1) is 0 Å². The highest BCUT2D eigenvalue weighted by molar-refractivity contribution is 7.89. The smallest absolute Gasteiger partial charge is 0.216 e. The lowest BCUT2D eigenvalue weighted by Gasteiger charge is -2.34. The van der Waals surface area contributed by atoms with Crippen molar-refractivity contribution in [3.8, 4) is 0 Å². The second-order valence-corrected chi connectivity index (χ2v) is 6.50. The summed E-state index contributed by atoms with van der Waals surface area (Å²) in [6, 6.07) is 0. The minimum Gasteiger partial charge on any atom is -0.375 e. The fourth-order valence-corrected chi connectivity index (χ4v) is 2.88. The zero-order valence-electron chi connectivity index (χ0n) is 9.68. The predicted molar refractivity (Wildman–Crippen MR) is 62.0 cm³/mol. The van der Waals surface area contributed by atoms with Crippen LogP contribution >= 0.6 is 0 Å². The van der Waals surface area contributed by atoms with Crippen LogP contribution in [0.4, 0.5) is 0 Å². The van der Waals surface area contributed by atoms with E-state index in [2.05, 4.69) is 4.90 Å². The topological polar surface area (TPSA) is 40.6 Å². The van der Waals surface area contributed by atoms with E-state index in [1.165, 1.54) is 0 Å². The minimum atomic E-state index is -3.06. The maximum Gasteiger partial charge on any atom is 0.216 e. The number of piperazine rings is 1. The molecule has 1 rings (SSSR count). The van der Waals surface area contributed by atoms with Gasteiger partial charge in [-0.05, 0) is 27.0 Å². The normalized spacial score (nSPS) is 20.4. The number of sulfonamides is 1. The first-order chi connectivity index (χ1) is 6.98. The highest BCUT2D eigenvalue weighted by Gasteiger charge is 2.28. The molecular weight excluding hydrogens is 212 g/mol. The summed E-state index contributed by atoms with van der Waals surface area (Å²) in [4.78, 5) is 2.15. The van der Waals surface area contributed by atoms with Crippen LogP contribution in [-0.2, 0) is 10.0 Å². The highest BCUT2D eigenvalue weighted by atomic mass is 32.2. The van der Waals surface area contributed by atoms with Crippen molar-refractivity contribution in [2.24, 2.45) is 0 Å². The largest absolute Gasteiger partial charge is 0.375 e. The Bertz CT molecular complexity index is 314. The third-order valence-electron chi connectivity index (χ3n) is 2.59. The van der Waals surface area contributed by atoms with Crippen LogP contribution in [0.3, 0.4) is 0 Å². The van der Waals surface area contributed by atoms with E-state index in [1.807, 2.05) is 19.2 Å². The number of allylic oxidation sites excluding steroid dienone is 1. The van der Waals surface area contributed by atoms with Gasteiger partial charge in [-0.2, -0.15) is 4.31 Å². The lowest BCUT2D eigenvalue weighted by Crippen LogP contribution is -2.48. The van der Waals surface area contributed by atoms with Gasteiger partial charge in [-0.15, -0.1) is 0 Å². The van der Waals surface area contributed by atoms with E-state index in [9.17, 15) is 8.42 Å². The maximum absolute atomic E-state index is 11.8. The highest BCUT2D eigenvalue weighted by Crippen LogP contribution is 2.12. The Balaban J connectivity index is 2.58. The Kier molecular flexibility index (Phi) is 4.16. The predicted octanol–water partition coefficient (Wildman–Crippen LogP) is 0.876. The molecule has 1 saturated heterocycles. The molecule has 1 heterocycles. The van der Waals surface area contributed by atoms with Gasteiger partial charge in [0, 0.05) is 26.2 Å². The van der Waals surface area contributed by atoms with E-state index in [0.29, 0.717) is 13.1 Å². The second kappa shape index (κ2) is 4.99. The summed E-state index contributed by atoms with van der Waals surface area (Å²) in [5.41, 5.74) is 0. The molecule has 0 N–H and O–H groups in total. The minimum absolute atomic E-state index is 0.314. The van der Waals surface area contributed by atoms with Crippen molar-refractivity contribution in [3.63, 3.8) is 0 Å². The lowest BCUT2D eigenvalue weighted by atomic mass is 10.4. The molecular formula is C10H20N2O2S. The molecule has 88 valence electrons. The molecule has 1 aliphatic rings. The first-order valence-corrected chi connectivity index (χ1v) is 6.84. The van der Waals surface area contributed by atoms with Gasteiger partial charge in [0.2, 0.25) is 10.0 Å². The van der Waals surface area contributed by atoms with Crippen molar-refractivity contribution < 1.29 is 8.42 Å². The van der Waals surface area contributed by atoms with Crippen molar-refractivity contribution in [2.75, 3.05) is 26.2 Å². The van der Waals surface area contributed by atoms with E-state index >= 15 is 0 Å². The fourth-order valence-electron chi connectivity index (χ4n) is 1.62. The van der Waals surface area contributed by atoms with Crippen LogP contribution in [0.25, 0.3) is 0 Å². The van der Waals surface area contributed by atoms with Gasteiger partial charge in [-0.3, -0.25) is 0 Å². The molecule has 0 unspecified atom stereocenters. The van der Waals surface area contributed by atoms with E-state index < -0.39 is 10.0 Å². The summed E-state index contributed by atoms with van der Waals surface area (Å²) < 4.78 is 25.3. The fraction of sp³-hybridized carbons (Fsp3) is 0.800. The van der Waals surface area contributed by atoms with Crippen LogP contribution in [0.2, 0.25) is 0 Å². The zero-order chi connectivity index (χ0) is 11.5. The average Bonchev–Trinajstić information content (AvgIpc) is 2.19. The standard InChI is InChI=1S/C10H20N2O2S/c1-4-5-11-6-8-12(9-7-11)15(13,14)10(2)3/h4-5,10H,6-9H2,1-3H3/b5-4+. The molecule has 0 spiro atoms. The van der Waals surface area contributed by atoms with Crippen molar-refractivity contribution in [3.05, 3.63) is 12.3 Å². The molecule has 0 saturated carbocycles. The molecule has 0 bridgehead atoms. The van der Waals surface area contributed by atoms with Gasteiger partial charge >= 0.3 is 0 Å². The SMILES string of the molecule is C/C=C/N1CCN(S(=O)(=O)C(C)C)CC1. The maximum atomic E-state index is 11.8. The summed E-state index contributed by atoms with van der Waals surface area (Å²) >= 11 is 0. The third kappa shape index (κ3) is 2.95. The van der Waals surface area contributed by atoms with E-state index in [0.717, 1.165) is 13.1 Å². The van der Waals surface area contributed by atoms with E-state index in [-0.39, 0.29) is 5.25 Å². The Morgan fingerprint density at radius 3 is 2.07 bits per heavy atom. The Labute approximate surface area is 92.6 Å². The molecule has 0 aromatic rings. The quantitative estimate of drug-likeness (QED) is 0.725. The molecule has 0 amide bonds. The molecule has 15 heavy (non-hydrogen) atoms. The molecule has 1 fully saturated rings. The summed E-state index contributed by atoms with van der Waals surface area (Å²) in [6.07, 6.45) is 3.99. The van der Waals surface area contributed by atoms with Crippen LogP contribution in [0.1, 0.15) is 20.8 Å². The van der Waals surface area contributed by atoms with Crippen LogP contribution < -0.4 is 0 Å². The molecule has 0 radical (unpaired) electrons. The Hall–Kier alpha value is -0.550. The summed E-state index contributed by atoms with van der Waals surface area (Å²) in [5.74, 6) is 0. The van der Waals surface area contributed by atoms with Gasteiger partial charge in [-0.25, -0.2) is 8.42 Å². The van der Waals surface area contributed by atoms with Gasteiger partial charge in [0.25, 0.3) is 0 Å². The third-order valence-corrected chi connectivity index (χ3v) is 4.87. The molecule has 0 atom stereocenters. The van der Waals surface area contributed by atoms with E-state index in [1.54, 1.807) is 18.2 Å². The van der Waals surface area contributed by atoms with Crippen molar-refractivity contribution in [1.29, 1.82) is 0 Å². The number of hydrogen-bond donors (Lipinski definition) is 0. The molecule has 1 aliphatic heterocycles.